The van der Waals surface area contributed by atoms with Gasteiger partial charge in [0.15, 0.2) is 5.13 Å². The summed E-state index contributed by atoms with van der Waals surface area (Å²) in [4.78, 5) is 20.3. The molecular formula is C19H21N3OS2. The molecule has 1 saturated heterocycles. The average molecular weight is 372 g/mol. The van der Waals surface area contributed by atoms with Crippen LogP contribution in [0.1, 0.15) is 35.1 Å². The molecule has 1 fully saturated rings. The first-order chi connectivity index (χ1) is 12.2. The first-order valence-corrected chi connectivity index (χ1v) is 10.3. The molecule has 1 N–H and O–H groups in total. The van der Waals surface area contributed by atoms with Crippen molar-refractivity contribution in [2.45, 2.75) is 26.3 Å². The number of carbonyl (C=O) groups excluding carboxylic acids is 1. The van der Waals surface area contributed by atoms with Crippen molar-refractivity contribution in [1.82, 2.24) is 9.88 Å². The third-order valence-electron chi connectivity index (χ3n) is 4.55. The predicted octanol–water partition coefficient (Wildman–Crippen LogP) is 4.84. The van der Waals surface area contributed by atoms with Gasteiger partial charge in [-0.05, 0) is 42.8 Å². The van der Waals surface area contributed by atoms with E-state index >= 15 is 0 Å². The zero-order chi connectivity index (χ0) is 17.2. The summed E-state index contributed by atoms with van der Waals surface area (Å²) in [5.74, 6) is 0.688. The van der Waals surface area contributed by atoms with Crippen molar-refractivity contribution < 1.29 is 4.79 Å². The Balaban J connectivity index is 1.41. The zero-order valence-electron chi connectivity index (χ0n) is 14.2. The van der Waals surface area contributed by atoms with Gasteiger partial charge in [0.25, 0.3) is 5.91 Å². The molecule has 1 aliphatic rings. The standard InChI is InChI=1S/C19H21N3OS2/c1-13-5-4-8-22(10-13)11-15-12-24-19(20-15)21-18(23)17-9-14-6-2-3-7-16(14)25-17/h2-3,6-7,9,12-13H,4-5,8,10-11H2,1H3,(H,20,21,23). The van der Waals surface area contributed by atoms with Crippen LogP contribution in [0, 0.1) is 5.92 Å². The molecular weight excluding hydrogens is 350 g/mol. The van der Waals surface area contributed by atoms with Gasteiger partial charge in [-0.2, -0.15) is 0 Å². The summed E-state index contributed by atoms with van der Waals surface area (Å²) in [6, 6.07) is 10.0. The molecule has 0 saturated carbocycles. The molecule has 1 amide bonds. The van der Waals surface area contributed by atoms with Crippen LogP contribution >= 0.6 is 22.7 Å². The number of piperidine rings is 1. The van der Waals surface area contributed by atoms with E-state index in [1.807, 2.05) is 30.3 Å². The van der Waals surface area contributed by atoms with E-state index in [0.717, 1.165) is 46.2 Å². The molecule has 1 aliphatic heterocycles. The SMILES string of the molecule is CC1CCCN(Cc2csc(NC(=O)c3cc4ccccc4s3)n2)C1. The van der Waals surface area contributed by atoms with E-state index in [4.69, 9.17) is 0 Å². The molecule has 1 unspecified atom stereocenters. The molecule has 3 aromatic rings. The maximum absolute atomic E-state index is 12.5. The lowest BCUT2D eigenvalue weighted by atomic mass is 10.0. The zero-order valence-corrected chi connectivity index (χ0v) is 15.8. The Morgan fingerprint density at radius 3 is 3.12 bits per heavy atom. The molecule has 3 heterocycles. The van der Waals surface area contributed by atoms with Gasteiger partial charge in [0.2, 0.25) is 0 Å². The minimum atomic E-state index is -0.0753. The molecule has 0 radical (unpaired) electrons. The number of likely N-dealkylation sites (tertiary alicyclic amines) is 1. The molecule has 0 bridgehead atoms. The third kappa shape index (κ3) is 3.92. The summed E-state index contributed by atoms with van der Waals surface area (Å²) in [6.07, 6.45) is 2.59. The third-order valence-corrected chi connectivity index (χ3v) is 6.47. The first-order valence-electron chi connectivity index (χ1n) is 8.64. The lowest BCUT2D eigenvalue weighted by Gasteiger charge is -2.30. The number of hydrogen-bond acceptors (Lipinski definition) is 5. The highest BCUT2D eigenvalue weighted by molar-refractivity contribution is 7.21. The van der Waals surface area contributed by atoms with E-state index in [9.17, 15) is 4.79 Å². The lowest BCUT2D eigenvalue weighted by Crippen LogP contribution is -2.33. The Morgan fingerprint density at radius 1 is 1.40 bits per heavy atom. The van der Waals surface area contributed by atoms with E-state index in [1.54, 1.807) is 0 Å². The molecule has 25 heavy (non-hydrogen) atoms. The Labute approximate surface area is 155 Å². The quantitative estimate of drug-likeness (QED) is 0.713. The molecule has 1 aromatic carbocycles. The maximum Gasteiger partial charge on any atom is 0.267 e. The molecule has 0 aliphatic carbocycles. The van der Waals surface area contributed by atoms with Crippen LogP contribution in [0.3, 0.4) is 0 Å². The van der Waals surface area contributed by atoms with Gasteiger partial charge in [0.1, 0.15) is 0 Å². The second-order valence-electron chi connectivity index (χ2n) is 6.73. The number of benzene rings is 1. The van der Waals surface area contributed by atoms with E-state index in [1.165, 1.54) is 35.5 Å². The summed E-state index contributed by atoms with van der Waals surface area (Å²) >= 11 is 3.02. The minimum Gasteiger partial charge on any atom is -0.297 e. The topological polar surface area (TPSA) is 45.2 Å². The fraction of sp³-hybridized carbons (Fsp3) is 0.368. The largest absolute Gasteiger partial charge is 0.297 e. The summed E-state index contributed by atoms with van der Waals surface area (Å²) < 4.78 is 1.13. The molecule has 4 rings (SSSR count). The Morgan fingerprint density at radius 2 is 2.28 bits per heavy atom. The highest BCUT2D eigenvalue weighted by atomic mass is 32.1. The number of hydrogen-bond donors (Lipinski definition) is 1. The van der Waals surface area contributed by atoms with Gasteiger partial charge in [0, 0.05) is 23.2 Å². The van der Waals surface area contributed by atoms with Gasteiger partial charge in [-0.3, -0.25) is 15.0 Å². The van der Waals surface area contributed by atoms with Crippen molar-refractivity contribution in [3.05, 3.63) is 46.3 Å². The van der Waals surface area contributed by atoms with Crippen LogP contribution in [0.5, 0.6) is 0 Å². The van der Waals surface area contributed by atoms with Crippen LogP contribution in [0.25, 0.3) is 10.1 Å². The number of thiazole rings is 1. The fourth-order valence-electron chi connectivity index (χ4n) is 3.35. The van der Waals surface area contributed by atoms with E-state index in [2.05, 4.69) is 27.5 Å². The van der Waals surface area contributed by atoms with Gasteiger partial charge in [-0.1, -0.05) is 25.1 Å². The second kappa shape index (κ2) is 7.23. The molecule has 6 heteroatoms. The Hall–Kier alpha value is -1.76. The monoisotopic (exact) mass is 371 g/mol. The van der Waals surface area contributed by atoms with Gasteiger partial charge >= 0.3 is 0 Å². The Bertz CT molecular complexity index is 853. The van der Waals surface area contributed by atoms with Gasteiger partial charge in [-0.15, -0.1) is 22.7 Å². The van der Waals surface area contributed by atoms with Crippen LogP contribution < -0.4 is 5.32 Å². The summed E-state index contributed by atoms with van der Waals surface area (Å²) in [5.41, 5.74) is 1.05. The van der Waals surface area contributed by atoms with Gasteiger partial charge in [-0.25, -0.2) is 4.98 Å². The maximum atomic E-state index is 12.5. The molecule has 130 valence electrons. The van der Waals surface area contributed by atoms with Gasteiger partial charge in [0.05, 0.1) is 10.6 Å². The molecule has 0 spiro atoms. The normalized spacial score (nSPS) is 18.5. The van der Waals surface area contributed by atoms with Crippen molar-refractivity contribution in [3.8, 4) is 0 Å². The van der Waals surface area contributed by atoms with Crippen LogP contribution in [0.4, 0.5) is 5.13 Å². The van der Waals surface area contributed by atoms with Crippen molar-refractivity contribution in [2.75, 3.05) is 18.4 Å². The summed E-state index contributed by atoms with van der Waals surface area (Å²) in [7, 11) is 0. The number of fused-ring (bicyclic) bond motifs is 1. The number of anilines is 1. The molecule has 4 nitrogen and oxygen atoms in total. The minimum absolute atomic E-state index is 0.0753. The second-order valence-corrected chi connectivity index (χ2v) is 8.67. The van der Waals surface area contributed by atoms with E-state index in [0.29, 0.717) is 5.13 Å². The number of carbonyl (C=O) groups is 1. The number of amides is 1. The number of aromatic nitrogens is 1. The van der Waals surface area contributed by atoms with Crippen LogP contribution in [0.15, 0.2) is 35.7 Å². The fourth-order valence-corrected chi connectivity index (χ4v) is 5.00. The average Bonchev–Trinajstić information content (AvgIpc) is 3.21. The van der Waals surface area contributed by atoms with Crippen molar-refractivity contribution in [1.29, 1.82) is 0 Å². The van der Waals surface area contributed by atoms with E-state index in [-0.39, 0.29) is 5.91 Å². The van der Waals surface area contributed by atoms with Crippen LogP contribution in [-0.4, -0.2) is 28.9 Å². The highest BCUT2D eigenvalue weighted by Crippen LogP contribution is 2.27. The van der Waals surface area contributed by atoms with Crippen molar-refractivity contribution in [2.24, 2.45) is 5.92 Å². The number of nitrogens with zero attached hydrogens (tertiary/aromatic N) is 2. The molecule has 2 aromatic heterocycles. The number of rotatable bonds is 4. The predicted molar refractivity (Wildman–Crippen MR) is 106 cm³/mol. The van der Waals surface area contributed by atoms with E-state index < -0.39 is 0 Å². The van der Waals surface area contributed by atoms with Crippen LogP contribution in [-0.2, 0) is 6.54 Å². The van der Waals surface area contributed by atoms with Crippen molar-refractivity contribution in [3.63, 3.8) is 0 Å². The van der Waals surface area contributed by atoms with Crippen LogP contribution in [0.2, 0.25) is 0 Å². The van der Waals surface area contributed by atoms with Crippen molar-refractivity contribution >= 4 is 43.8 Å². The highest BCUT2D eigenvalue weighted by Gasteiger charge is 2.18. The summed E-state index contributed by atoms with van der Waals surface area (Å²) in [6.45, 7) is 5.47. The lowest BCUT2D eigenvalue weighted by molar-refractivity contribution is 0.103. The smallest absolute Gasteiger partial charge is 0.267 e. The summed E-state index contributed by atoms with van der Waals surface area (Å²) in [5, 5.41) is 6.79. The number of thiophene rings is 1. The first kappa shape index (κ1) is 16.7. The molecule has 1 atom stereocenters. The number of nitrogens with one attached hydrogen (secondary N) is 1. The Kier molecular flexibility index (Phi) is 4.83. The van der Waals surface area contributed by atoms with Gasteiger partial charge < -0.3 is 0 Å².